The molecule has 0 aliphatic rings. The van der Waals surface area contributed by atoms with Crippen molar-refractivity contribution in [2.45, 2.75) is 102 Å². The van der Waals surface area contributed by atoms with Crippen molar-refractivity contribution in [3.8, 4) is 0 Å². The van der Waals surface area contributed by atoms with Crippen molar-refractivity contribution in [2.75, 3.05) is 6.61 Å². The lowest BCUT2D eigenvalue weighted by molar-refractivity contribution is -0.703. The van der Waals surface area contributed by atoms with Crippen molar-refractivity contribution in [1.29, 1.82) is 0 Å². The topological polar surface area (TPSA) is 125 Å². The van der Waals surface area contributed by atoms with Crippen LogP contribution in [0, 0.1) is 6.92 Å². The summed E-state index contributed by atoms with van der Waals surface area (Å²) in [5, 5.41) is 2.99. The number of nitrogens with one attached hydrogen (secondary N) is 1. The van der Waals surface area contributed by atoms with Gasteiger partial charge in [-0.1, -0.05) is 68.5 Å². The number of alkyl halides is 6. The van der Waals surface area contributed by atoms with E-state index >= 15 is 0 Å². The largest absolute Gasteiger partial charge is 0.480 e. The van der Waals surface area contributed by atoms with Gasteiger partial charge in [0.25, 0.3) is 0 Å². The highest BCUT2D eigenvalue weighted by Gasteiger charge is 2.47. The van der Waals surface area contributed by atoms with Crippen LogP contribution in [0.25, 0.3) is 9.70 Å². The van der Waals surface area contributed by atoms with Crippen LogP contribution in [-0.2, 0) is 36.9 Å². The van der Waals surface area contributed by atoms with Gasteiger partial charge < -0.3 is 14.2 Å². The first kappa shape index (κ1) is 42.8. The summed E-state index contributed by atoms with van der Waals surface area (Å²) >= 11 is 0. The van der Waals surface area contributed by atoms with Crippen LogP contribution >= 0.6 is 0 Å². The highest BCUT2D eigenvalue weighted by molar-refractivity contribution is 8.13. The van der Waals surface area contributed by atoms with E-state index in [2.05, 4.69) is 53.8 Å². The summed E-state index contributed by atoms with van der Waals surface area (Å²) in [7, 11) is -13.4. The van der Waals surface area contributed by atoms with Gasteiger partial charge in [-0.25, -0.2) is 26.2 Å². The van der Waals surface area contributed by atoms with Crippen molar-refractivity contribution in [1.82, 2.24) is 5.32 Å². The van der Waals surface area contributed by atoms with Crippen molar-refractivity contribution in [3.05, 3.63) is 76.2 Å². The molecule has 9 nitrogen and oxygen atoms in total. The van der Waals surface area contributed by atoms with Gasteiger partial charge in [-0.3, -0.25) is 0 Å². The molecule has 17 heteroatoms. The summed E-state index contributed by atoms with van der Waals surface area (Å²) in [6, 6.07) is 14.5. The van der Waals surface area contributed by atoms with E-state index in [9.17, 15) is 48.0 Å². The van der Waals surface area contributed by atoms with E-state index in [0.29, 0.717) is 6.61 Å². The third-order valence-electron chi connectivity index (χ3n) is 6.97. The number of halogens is 6. The van der Waals surface area contributed by atoms with Crippen molar-refractivity contribution >= 4 is 31.7 Å². The van der Waals surface area contributed by atoms with Crippen LogP contribution in [-0.4, -0.2) is 40.6 Å². The van der Waals surface area contributed by atoms with Crippen LogP contribution in [0.1, 0.15) is 89.0 Å². The molecule has 0 aliphatic heterocycles. The Labute approximate surface area is 278 Å². The summed E-state index contributed by atoms with van der Waals surface area (Å²) in [6.45, 7) is 13.7. The minimum absolute atomic E-state index is 0.354. The predicted octanol–water partition coefficient (Wildman–Crippen LogP) is 8.16. The number of pyridine rings is 1. The predicted molar refractivity (Wildman–Crippen MR) is 170 cm³/mol. The number of sulfonamides is 2. The first-order valence-corrected chi connectivity index (χ1v) is 17.9. The maximum atomic E-state index is 12.3. The SMILES string of the molecule is C=C(C)c1cccc(C(C)(C)NC(=O)OCCCCCCCCCC[n+]2ccccc2C)c1.O=S(=O)([N-]S(=O)(=O)C(F)(F)F)C(F)(F)F. The zero-order valence-corrected chi connectivity index (χ0v) is 29.0. The van der Waals surface area contributed by atoms with Gasteiger partial charge in [-0.15, -0.1) is 0 Å². The number of benzene rings is 1. The Hall–Kier alpha value is -3.18. The second kappa shape index (κ2) is 18.5. The fourth-order valence-electron chi connectivity index (χ4n) is 4.17. The molecule has 2 rings (SSSR count). The number of unbranched alkanes of at least 4 members (excludes halogenated alkanes) is 7. The number of nitrogens with zero attached hydrogens (tertiary/aromatic N) is 2. The number of rotatable bonds is 16. The third-order valence-corrected chi connectivity index (χ3v) is 9.71. The van der Waals surface area contributed by atoms with Gasteiger partial charge in [0, 0.05) is 25.5 Å². The lowest BCUT2D eigenvalue weighted by Crippen LogP contribution is -2.41. The van der Waals surface area contributed by atoms with Gasteiger partial charge in [0.2, 0.25) is 0 Å². The molecule has 0 radical (unpaired) electrons. The maximum absolute atomic E-state index is 12.3. The quantitative estimate of drug-likeness (QED) is 0.106. The number of alkyl carbamates (subject to hydrolysis) is 1. The van der Waals surface area contributed by atoms with E-state index in [1.807, 2.05) is 39.0 Å². The molecule has 0 atom stereocenters. The molecule has 0 fully saturated rings. The number of amides is 1. The van der Waals surface area contributed by atoms with Gasteiger partial charge in [-0.05, 0) is 50.8 Å². The van der Waals surface area contributed by atoms with Crippen LogP contribution in [0.3, 0.4) is 0 Å². The molecule has 0 aliphatic carbocycles. The second-order valence-electron chi connectivity index (χ2n) is 11.5. The molecule has 0 unspecified atom stereocenters. The van der Waals surface area contributed by atoms with E-state index < -0.39 is 36.6 Å². The number of aromatic nitrogens is 1. The van der Waals surface area contributed by atoms with Crippen LogP contribution in [0.15, 0.2) is 55.2 Å². The standard InChI is InChI=1S/C29H42N2O2.C2F6NO4S2/c1-24(2)26-18-16-19-27(23-26)29(4,5)30-28(32)33-22-15-11-9-7-6-8-10-13-20-31-21-14-12-17-25(31)3;3-1(4,5)14(10,11)9-15(12,13)2(6,7)8/h12,14,16-19,21,23H,1,6-11,13,15,20,22H2,2-5H3;/q;-1/p+1. The molecule has 1 heterocycles. The summed E-state index contributed by atoms with van der Waals surface area (Å²) in [5.74, 6) is 0. The first-order chi connectivity index (χ1) is 22.0. The van der Waals surface area contributed by atoms with Crippen molar-refractivity contribution in [2.24, 2.45) is 0 Å². The molecule has 1 aromatic heterocycles. The molecule has 2 aromatic rings. The van der Waals surface area contributed by atoms with Gasteiger partial charge in [0.1, 0.15) is 6.54 Å². The van der Waals surface area contributed by atoms with Crippen molar-refractivity contribution < 1.29 is 57.3 Å². The minimum atomic E-state index is -6.72. The van der Waals surface area contributed by atoms with Gasteiger partial charge >= 0.3 is 17.1 Å². The number of allylic oxidation sites excluding steroid dienone is 1. The number of carbonyl (C=O) groups excluding carboxylic acids is 1. The van der Waals surface area contributed by atoms with Gasteiger partial charge in [-0.2, -0.15) is 26.3 Å². The zero-order valence-electron chi connectivity index (χ0n) is 27.3. The molecule has 0 saturated heterocycles. The second-order valence-corrected chi connectivity index (χ2v) is 14.9. The molecule has 0 spiro atoms. The maximum Gasteiger partial charge on any atom is 0.480 e. The van der Waals surface area contributed by atoms with E-state index in [4.69, 9.17) is 4.74 Å². The summed E-state index contributed by atoms with van der Waals surface area (Å²) in [6.07, 6.45) is 11.4. The highest BCUT2D eigenvalue weighted by atomic mass is 32.3. The molecule has 1 N–H and O–H groups in total. The fourth-order valence-corrected chi connectivity index (χ4v) is 5.88. The average molecular weight is 732 g/mol. The summed E-state index contributed by atoms with van der Waals surface area (Å²) < 4.78 is 117. The average Bonchev–Trinajstić information content (AvgIpc) is 2.95. The van der Waals surface area contributed by atoms with Crippen molar-refractivity contribution in [3.63, 3.8) is 0 Å². The lowest BCUT2D eigenvalue weighted by atomic mass is 9.92. The monoisotopic (exact) mass is 731 g/mol. The van der Waals surface area contributed by atoms with Crippen LogP contribution in [0.5, 0.6) is 0 Å². The molecular formula is C31H43F6N3O6S2. The Morgan fingerprint density at radius 1 is 0.833 bits per heavy atom. The molecular weight excluding hydrogens is 688 g/mol. The van der Waals surface area contributed by atoms with E-state index in [-0.39, 0.29) is 6.09 Å². The molecule has 0 bridgehead atoms. The van der Waals surface area contributed by atoms with Crippen LogP contribution < -0.4 is 9.88 Å². The zero-order chi connectivity index (χ0) is 36.8. The number of ether oxygens (including phenoxy) is 1. The Morgan fingerprint density at radius 2 is 1.35 bits per heavy atom. The Balaban J connectivity index is 0.000000646. The Kier molecular flexibility index (Phi) is 16.6. The third kappa shape index (κ3) is 14.9. The van der Waals surface area contributed by atoms with Gasteiger partial charge in [0.05, 0.1) is 12.1 Å². The Bertz CT molecular complexity index is 1520. The number of hydrogen-bond donors (Lipinski definition) is 1. The van der Waals surface area contributed by atoms with Crippen LogP contribution in [0.2, 0.25) is 0 Å². The van der Waals surface area contributed by atoms with E-state index in [1.165, 1.54) is 44.2 Å². The number of carbonyl (C=O) groups is 1. The summed E-state index contributed by atoms with van der Waals surface area (Å²) in [4.78, 5) is 12.3. The number of hydrogen-bond acceptors (Lipinski definition) is 6. The first-order valence-electron chi connectivity index (χ1n) is 15.0. The fraction of sp³-hybridized carbons (Fsp3) is 0.548. The minimum Gasteiger partial charge on any atom is -0.450 e. The molecule has 272 valence electrons. The lowest BCUT2D eigenvalue weighted by Gasteiger charge is -2.27. The molecule has 1 aromatic carbocycles. The van der Waals surface area contributed by atoms with E-state index in [1.54, 1.807) is 0 Å². The van der Waals surface area contributed by atoms with Crippen LogP contribution in [0.4, 0.5) is 31.1 Å². The number of aryl methyl sites for hydroxylation is 2. The molecule has 1 amide bonds. The highest BCUT2D eigenvalue weighted by Crippen LogP contribution is 2.36. The molecule has 48 heavy (non-hydrogen) atoms. The molecule has 0 saturated carbocycles. The Morgan fingerprint density at radius 3 is 1.85 bits per heavy atom. The van der Waals surface area contributed by atoms with E-state index in [0.717, 1.165) is 40.2 Å². The summed E-state index contributed by atoms with van der Waals surface area (Å²) in [5.41, 5.74) is -8.44. The normalized spacial score (nSPS) is 12.5. The smallest absolute Gasteiger partial charge is 0.450 e. The van der Waals surface area contributed by atoms with Gasteiger partial charge in [0.15, 0.2) is 31.9 Å².